The summed E-state index contributed by atoms with van der Waals surface area (Å²) in [4.78, 5) is 22.8. The van der Waals surface area contributed by atoms with Crippen molar-refractivity contribution in [2.75, 3.05) is 11.9 Å². The van der Waals surface area contributed by atoms with Gasteiger partial charge >= 0.3 is 0 Å². The molecular weight excluding hydrogens is 284 g/mol. The van der Waals surface area contributed by atoms with Gasteiger partial charge in [-0.25, -0.2) is 0 Å². The average Bonchev–Trinajstić information content (AvgIpc) is 2.25. The van der Waals surface area contributed by atoms with Gasteiger partial charge in [-0.2, -0.15) is 0 Å². The summed E-state index contributed by atoms with van der Waals surface area (Å²) in [6.07, 6.45) is 1.59. The third-order valence-corrected chi connectivity index (χ3v) is 2.44. The van der Waals surface area contributed by atoms with Crippen LogP contribution in [0.15, 0.2) is 35.3 Å². The van der Waals surface area contributed by atoms with Crippen LogP contribution in [0.2, 0.25) is 0 Å². The minimum atomic E-state index is -0.249. The van der Waals surface area contributed by atoms with Gasteiger partial charge in [-0.1, -0.05) is 22.0 Å². The van der Waals surface area contributed by atoms with Gasteiger partial charge in [0, 0.05) is 17.9 Å². The first-order chi connectivity index (χ1) is 8.04. The fourth-order valence-electron chi connectivity index (χ4n) is 1.27. The Morgan fingerprint density at radius 2 is 2.18 bits per heavy atom. The molecule has 2 N–H and O–H groups in total. The summed E-state index contributed by atoms with van der Waals surface area (Å²) in [5.74, 6) is -0.470. The van der Waals surface area contributed by atoms with E-state index in [2.05, 4.69) is 33.1 Å². The fraction of sp³-hybridized carbons (Fsp3) is 0.167. The summed E-state index contributed by atoms with van der Waals surface area (Å²) in [5.41, 5.74) is 0.902. The predicted molar refractivity (Wildman–Crippen MR) is 71.0 cm³/mol. The van der Waals surface area contributed by atoms with E-state index in [0.717, 1.165) is 4.47 Å². The number of hydrogen-bond donors (Lipinski definition) is 2. The van der Waals surface area contributed by atoms with Crippen molar-refractivity contribution in [1.29, 1.82) is 0 Å². The van der Waals surface area contributed by atoms with Gasteiger partial charge in [-0.05, 0) is 18.2 Å². The van der Waals surface area contributed by atoms with Crippen molar-refractivity contribution in [3.8, 4) is 0 Å². The minimum absolute atomic E-state index is 0.221. The number of nitrogens with one attached hydrogen (secondary N) is 2. The molecule has 0 aliphatic rings. The van der Waals surface area contributed by atoms with Crippen LogP contribution >= 0.6 is 15.9 Å². The zero-order chi connectivity index (χ0) is 12.8. The summed E-state index contributed by atoms with van der Waals surface area (Å²) < 4.78 is 0.793. The number of hydrogen-bond acceptors (Lipinski definition) is 2. The molecule has 90 valence electrons. The third kappa shape index (κ3) is 4.03. The summed E-state index contributed by atoms with van der Waals surface area (Å²) in [6.45, 7) is 5.30. The SMILES string of the molecule is C=CCNC(=O)c1ccc(Br)cc1NC(C)=O. The Morgan fingerprint density at radius 1 is 1.47 bits per heavy atom. The van der Waals surface area contributed by atoms with Crippen LogP contribution in [0.1, 0.15) is 17.3 Å². The number of rotatable bonds is 4. The largest absolute Gasteiger partial charge is 0.349 e. The lowest BCUT2D eigenvalue weighted by atomic mass is 10.1. The molecule has 0 aliphatic heterocycles. The highest BCUT2D eigenvalue weighted by molar-refractivity contribution is 9.10. The second kappa shape index (κ2) is 6.20. The van der Waals surface area contributed by atoms with Crippen LogP contribution in [0, 0.1) is 0 Å². The number of benzene rings is 1. The van der Waals surface area contributed by atoms with E-state index < -0.39 is 0 Å². The monoisotopic (exact) mass is 296 g/mol. The standard InChI is InChI=1S/C12H13BrN2O2/c1-3-6-14-12(17)10-5-4-9(13)7-11(10)15-8(2)16/h3-5,7H,1,6H2,2H3,(H,14,17)(H,15,16). The number of halogens is 1. The lowest BCUT2D eigenvalue weighted by Gasteiger charge is -2.10. The van der Waals surface area contributed by atoms with Gasteiger partial charge in [0.1, 0.15) is 0 Å². The maximum absolute atomic E-state index is 11.8. The molecule has 0 atom stereocenters. The topological polar surface area (TPSA) is 58.2 Å². The number of carbonyl (C=O) groups excluding carboxylic acids is 2. The smallest absolute Gasteiger partial charge is 0.253 e. The first-order valence-corrected chi connectivity index (χ1v) is 5.80. The molecule has 0 saturated carbocycles. The summed E-state index contributed by atoms with van der Waals surface area (Å²) in [6, 6.07) is 5.08. The van der Waals surface area contributed by atoms with Crippen molar-refractivity contribution in [2.45, 2.75) is 6.92 Å². The molecule has 1 aromatic carbocycles. The first-order valence-electron chi connectivity index (χ1n) is 5.01. The van der Waals surface area contributed by atoms with Crippen molar-refractivity contribution in [1.82, 2.24) is 5.32 Å². The van der Waals surface area contributed by atoms with Crippen molar-refractivity contribution in [2.24, 2.45) is 0 Å². The van der Waals surface area contributed by atoms with Gasteiger partial charge in [-0.3, -0.25) is 9.59 Å². The van der Waals surface area contributed by atoms with Crippen LogP contribution in [-0.2, 0) is 4.79 Å². The van der Waals surface area contributed by atoms with Crippen molar-refractivity contribution in [3.63, 3.8) is 0 Å². The molecule has 0 aliphatic carbocycles. The lowest BCUT2D eigenvalue weighted by molar-refractivity contribution is -0.114. The molecule has 0 bridgehead atoms. The molecule has 0 unspecified atom stereocenters. The molecule has 2 amide bonds. The van der Waals surface area contributed by atoms with Gasteiger partial charge in [0.15, 0.2) is 0 Å². The first kappa shape index (κ1) is 13.4. The summed E-state index contributed by atoms with van der Waals surface area (Å²) in [7, 11) is 0. The molecule has 0 saturated heterocycles. The second-order valence-electron chi connectivity index (χ2n) is 3.37. The van der Waals surface area contributed by atoms with E-state index in [4.69, 9.17) is 0 Å². The van der Waals surface area contributed by atoms with Gasteiger partial charge < -0.3 is 10.6 Å². The van der Waals surface area contributed by atoms with E-state index in [1.54, 1.807) is 24.3 Å². The van der Waals surface area contributed by atoms with Crippen LogP contribution in [0.5, 0.6) is 0 Å². The molecule has 0 spiro atoms. The summed E-state index contributed by atoms with van der Waals surface area (Å²) >= 11 is 3.29. The normalized spacial score (nSPS) is 9.53. The molecule has 0 aromatic heterocycles. The van der Waals surface area contributed by atoms with E-state index in [1.807, 2.05) is 0 Å². The van der Waals surface area contributed by atoms with E-state index in [0.29, 0.717) is 17.8 Å². The van der Waals surface area contributed by atoms with Crippen molar-refractivity contribution in [3.05, 3.63) is 40.9 Å². The predicted octanol–water partition coefficient (Wildman–Crippen LogP) is 2.32. The maximum atomic E-state index is 11.8. The Labute approximate surface area is 108 Å². The van der Waals surface area contributed by atoms with E-state index >= 15 is 0 Å². The van der Waals surface area contributed by atoms with E-state index in [9.17, 15) is 9.59 Å². The van der Waals surface area contributed by atoms with Crippen molar-refractivity contribution >= 4 is 33.4 Å². The lowest BCUT2D eigenvalue weighted by Crippen LogP contribution is -2.24. The van der Waals surface area contributed by atoms with E-state index in [1.165, 1.54) is 6.92 Å². The van der Waals surface area contributed by atoms with Gasteiger partial charge in [0.05, 0.1) is 11.3 Å². The number of carbonyl (C=O) groups is 2. The third-order valence-electron chi connectivity index (χ3n) is 1.94. The Hall–Kier alpha value is -1.62. The molecule has 17 heavy (non-hydrogen) atoms. The maximum Gasteiger partial charge on any atom is 0.253 e. The quantitative estimate of drug-likeness (QED) is 0.838. The summed E-state index contributed by atoms with van der Waals surface area (Å²) in [5, 5.41) is 5.27. The molecule has 0 heterocycles. The molecule has 4 nitrogen and oxygen atoms in total. The van der Waals surface area contributed by atoms with Crippen LogP contribution < -0.4 is 10.6 Å². The van der Waals surface area contributed by atoms with Crippen LogP contribution in [0.4, 0.5) is 5.69 Å². The zero-order valence-electron chi connectivity index (χ0n) is 9.42. The number of anilines is 1. The molecule has 0 fully saturated rings. The molecular formula is C12H13BrN2O2. The Morgan fingerprint density at radius 3 is 2.76 bits per heavy atom. The minimum Gasteiger partial charge on any atom is -0.349 e. The second-order valence-corrected chi connectivity index (χ2v) is 4.29. The van der Waals surface area contributed by atoms with Crippen LogP contribution in [0.3, 0.4) is 0 Å². The molecule has 5 heteroatoms. The highest BCUT2D eigenvalue weighted by atomic mass is 79.9. The average molecular weight is 297 g/mol. The number of amides is 2. The Balaban J connectivity index is 3.00. The fourth-order valence-corrected chi connectivity index (χ4v) is 1.63. The highest BCUT2D eigenvalue weighted by Gasteiger charge is 2.11. The van der Waals surface area contributed by atoms with Gasteiger partial charge in [-0.15, -0.1) is 6.58 Å². The van der Waals surface area contributed by atoms with Crippen LogP contribution in [-0.4, -0.2) is 18.4 Å². The van der Waals surface area contributed by atoms with Crippen LogP contribution in [0.25, 0.3) is 0 Å². The van der Waals surface area contributed by atoms with Gasteiger partial charge in [0.2, 0.25) is 5.91 Å². The molecule has 1 aromatic rings. The molecule has 0 radical (unpaired) electrons. The zero-order valence-corrected chi connectivity index (χ0v) is 11.0. The Kier molecular flexibility index (Phi) is 4.90. The molecule has 1 rings (SSSR count). The van der Waals surface area contributed by atoms with Crippen molar-refractivity contribution < 1.29 is 9.59 Å². The Bertz CT molecular complexity index is 458. The highest BCUT2D eigenvalue weighted by Crippen LogP contribution is 2.21. The van der Waals surface area contributed by atoms with Gasteiger partial charge in [0.25, 0.3) is 5.91 Å². The van der Waals surface area contributed by atoms with E-state index in [-0.39, 0.29) is 11.8 Å².